The second-order valence-electron chi connectivity index (χ2n) is 8.79. The van der Waals surface area contributed by atoms with E-state index in [0.717, 1.165) is 16.6 Å². The van der Waals surface area contributed by atoms with Crippen molar-refractivity contribution in [2.75, 3.05) is 0 Å². The molecule has 1 aromatic heterocycles. The molecule has 4 nitrogen and oxygen atoms in total. The molecule has 0 N–H and O–H groups in total. The van der Waals surface area contributed by atoms with Gasteiger partial charge in [0.1, 0.15) is 11.3 Å². The lowest BCUT2D eigenvalue weighted by atomic mass is 9.83. The number of fused-ring (bicyclic) bond motifs is 1. The number of halogens is 1. The van der Waals surface area contributed by atoms with E-state index in [1.165, 1.54) is 12.1 Å². The first-order chi connectivity index (χ1) is 14.3. The molecule has 0 saturated heterocycles. The van der Waals surface area contributed by atoms with Gasteiger partial charge in [-0.3, -0.25) is 4.79 Å². The zero-order valence-electron chi connectivity index (χ0n) is 17.3. The smallest absolute Gasteiger partial charge is 0.194 e. The average Bonchev–Trinajstić information content (AvgIpc) is 3.17. The lowest BCUT2D eigenvalue weighted by Crippen LogP contribution is -2.48. The molecule has 3 aromatic carbocycles. The van der Waals surface area contributed by atoms with Crippen LogP contribution in [0.3, 0.4) is 0 Å². The molecule has 6 heteroatoms. The van der Waals surface area contributed by atoms with E-state index in [0.29, 0.717) is 11.6 Å². The lowest BCUT2D eigenvalue weighted by molar-refractivity contribution is 0.0858. The predicted octanol–water partition coefficient (Wildman–Crippen LogP) is 5.54. The van der Waals surface area contributed by atoms with Gasteiger partial charge in [0.15, 0.2) is 11.3 Å². The fraction of sp³-hybridized carbons (Fsp3) is 0.208. The van der Waals surface area contributed by atoms with E-state index in [1.807, 2.05) is 54.6 Å². The summed E-state index contributed by atoms with van der Waals surface area (Å²) in [6.45, 7) is 6.67. The monoisotopic (exact) mass is 417 g/mol. The van der Waals surface area contributed by atoms with Gasteiger partial charge in [-0.05, 0) is 35.9 Å². The van der Waals surface area contributed by atoms with Gasteiger partial charge in [-0.25, -0.2) is 9.07 Å². The predicted molar refractivity (Wildman–Crippen MR) is 120 cm³/mol. The fourth-order valence-electron chi connectivity index (χ4n) is 4.08. The van der Waals surface area contributed by atoms with Crippen molar-refractivity contribution in [1.82, 2.24) is 15.0 Å². The van der Waals surface area contributed by atoms with E-state index in [1.54, 1.807) is 16.8 Å². The quantitative estimate of drug-likeness (QED) is 0.306. The van der Waals surface area contributed by atoms with Crippen LogP contribution >= 0.6 is 0 Å². The fourth-order valence-corrected chi connectivity index (χ4v) is 6.13. The Morgan fingerprint density at radius 3 is 2.23 bits per heavy atom. The normalized spacial score (nSPS) is 13.9. The second kappa shape index (κ2) is 7.61. The maximum Gasteiger partial charge on any atom is 0.194 e. The number of hydrogen-bond acceptors (Lipinski definition) is 3. The summed E-state index contributed by atoms with van der Waals surface area (Å²) in [6.07, 6.45) is 0. The van der Waals surface area contributed by atoms with Gasteiger partial charge in [-0.2, -0.15) is 0 Å². The van der Waals surface area contributed by atoms with Crippen molar-refractivity contribution in [2.45, 2.75) is 31.2 Å². The summed E-state index contributed by atoms with van der Waals surface area (Å²) in [4.78, 5) is 14.2. The molecule has 1 atom stereocenters. The minimum atomic E-state index is -1.83. The number of hydrogen-bond donors (Lipinski definition) is 0. The van der Waals surface area contributed by atoms with Crippen molar-refractivity contribution in [3.05, 3.63) is 95.8 Å². The van der Waals surface area contributed by atoms with Crippen LogP contribution in [0.25, 0.3) is 11.0 Å². The summed E-state index contributed by atoms with van der Waals surface area (Å²) in [5.74, 6) is -0.399. The minimum absolute atomic E-state index is 0.0622. The molecular formula is C24H24FN3OSi. The number of rotatable bonds is 6. The SMILES string of the molecule is C[Si](C)(C)CC(C(=O)c1ccccc1)(c1ccc(F)cc1)n1nnc2ccccc21. The molecule has 0 aliphatic rings. The van der Waals surface area contributed by atoms with Crippen LogP contribution in [-0.4, -0.2) is 28.9 Å². The highest BCUT2D eigenvalue weighted by atomic mass is 28.3. The third kappa shape index (κ3) is 3.59. The van der Waals surface area contributed by atoms with Gasteiger partial charge < -0.3 is 0 Å². The van der Waals surface area contributed by atoms with E-state index in [9.17, 15) is 9.18 Å². The standard InChI is InChI=1S/C24H24FN3OSi/c1-30(2,3)17-24(19-13-15-20(25)16-14-19,23(29)18-9-5-4-6-10-18)28-22-12-8-7-11-21(22)26-27-28/h4-16H,17H2,1-3H3. The largest absolute Gasteiger partial charge is 0.291 e. The van der Waals surface area contributed by atoms with Crippen molar-refractivity contribution in [3.8, 4) is 0 Å². The topological polar surface area (TPSA) is 47.8 Å². The number of carbonyl (C=O) groups is 1. The van der Waals surface area contributed by atoms with Gasteiger partial charge in [-0.1, -0.05) is 79.5 Å². The Kier molecular flexibility index (Phi) is 5.11. The van der Waals surface area contributed by atoms with Gasteiger partial charge in [0.05, 0.1) is 5.52 Å². The van der Waals surface area contributed by atoms with Gasteiger partial charge >= 0.3 is 0 Å². The molecule has 0 spiro atoms. The highest BCUT2D eigenvalue weighted by Crippen LogP contribution is 2.39. The molecule has 0 bridgehead atoms. The van der Waals surface area contributed by atoms with Gasteiger partial charge in [0.2, 0.25) is 0 Å². The van der Waals surface area contributed by atoms with Crippen LogP contribution in [0.2, 0.25) is 25.7 Å². The second-order valence-corrected chi connectivity index (χ2v) is 14.3. The molecule has 1 unspecified atom stereocenters. The maximum atomic E-state index is 14.2. The Bertz CT molecular complexity index is 1180. The van der Waals surface area contributed by atoms with Crippen molar-refractivity contribution in [2.24, 2.45) is 0 Å². The highest BCUT2D eigenvalue weighted by Gasteiger charge is 2.47. The van der Waals surface area contributed by atoms with E-state index in [-0.39, 0.29) is 11.6 Å². The van der Waals surface area contributed by atoms with Gasteiger partial charge in [0.25, 0.3) is 0 Å². The number of nitrogens with zero attached hydrogens (tertiary/aromatic N) is 3. The average molecular weight is 418 g/mol. The van der Waals surface area contributed by atoms with Crippen LogP contribution in [0, 0.1) is 5.82 Å². The summed E-state index contributed by atoms with van der Waals surface area (Å²) < 4.78 is 15.6. The van der Waals surface area contributed by atoms with Gasteiger partial charge in [-0.15, -0.1) is 5.10 Å². The Labute approximate surface area is 176 Å². The molecule has 1 heterocycles. The third-order valence-electron chi connectivity index (χ3n) is 5.23. The van der Waals surface area contributed by atoms with Crippen molar-refractivity contribution < 1.29 is 9.18 Å². The molecule has 0 aliphatic carbocycles. The highest BCUT2D eigenvalue weighted by molar-refractivity contribution is 6.76. The van der Waals surface area contributed by atoms with Crippen molar-refractivity contribution in [3.63, 3.8) is 0 Å². The first-order valence-corrected chi connectivity index (χ1v) is 13.7. The summed E-state index contributed by atoms with van der Waals surface area (Å²) >= 11 is 0. The van der Waals surface area contributed by atoms with Crippen LogP contribution in [0.15, 0.2) is 78.9 Å². The van der Waals surface area contributed by atoms with E-state index >= 15 is 0 Å². The number of benzene rings is 3. The molecule has 0 fully saturated rings. The Hall–Kier alpha value is -3.12. The molecule has 152 valence electrons. The summed E-state index contributed by atoms with van der Waals surface area (Å²) in [6, 6.07) is 23.7. The minimum Gasteiger partial charge on any atom is -0.291 e. The molecule has 0 saturated carbocycles. The van der Waals surface area contributed by atoms with E-state index in [4.69, 9.17) is 0 Å². The van der Waals surface area contributed by atoms with E-state index < -0.39 is 13.6 Å². The van der Waals surface area contributed by atoms with Crippen LogP contribution in [0.4, 0.5) is 4.39 Å². The third-order valence-corrected chi connectivity index (χ3v) is 6.81. The van der Waals surface area contributed by atoms with Gasteiger partial charge in [0, 0.05) is 13.6 Å². The maximum absolute atomic E-state index is 14.2. The van der Waals surface area contributed by atoms with Crippen molar-refractivity contribution in [1.29, 1.82) is 0 Å². The summed E-state index contributed by atoms with van der Waals surface area (Å²) in [7, 11) is -1.83. The molecule has 0 radical (unpaired) electrons. The zero-order valence-corrected chi connectivity index (χ0v) is 18.3. The number of ketones is 1. The lowest BCUT2D eigenvalue weighted by Gasteiger charge is -2.38. The van der Waals surface area contributed by atoms with Crippen LogP contribution < -0.4 is 0 Å². The Morgan fingerprint density at radius 2 is 1.57 bits per heavy atom. The summed E-state index contributed by atoms with van der Waals surface area (Å²) in [5, 5.41) is 8.81. The molecule has 0 amide bonds. The van der Waals surface area contributed by atoms with E-state index in [2.05, 4.69) is 30.0 Å². The Balaban J connectivity index is 2.08. The van der Waals surface area contributed by atoms with Crippen LogP contribution in [0.5, 0.6) is 0 Å². The summed E-state index contributed by atoms with van der Waals surface area (Å²) in [5.41, 5.74) is 1.70. The first kappa shape index (κ1) is 20.2. The van der Waals surface area contributed by atoms with Crippen LogP contribution in [0.1, 0.15) is 15.9 Å². The molecule has 0 aliphatic heterocycles. The van der Waals surface area contributed by atoms with Crippen molar-refractivity contribution >= 4 is 24.9 Å². The number of aromatic nitrogens is 3. The molecule has 4 aromatic rings. The molecule has 4 rings (SSSR count). The number of para-hydroxylation sites is 1. The number of carbonyl (C=O) groups excluding carboxylic acids is 1. The first-order valence-electron chi connectivity index (χ1n) is 9.98. The molecular weight excluding hydrogens is 393 g/mol. The zero-order chi connectivity index (χ0) is 21.4. The Morgan fingerprint density at radius 1 is 0.933 bits per heavy atom. The molecule has 30 heavy (non-hydrogen) atoms. The van der Waals surface area contributed by atoms with Crippen LogP contribution in [-0.2, 0) is 5.54 Å². The number of Topliss-reactive ketones (excluding diaryl/α,β-unsaturated/α-hetero) is 1.